The number of nitrogens with zero attached hydrogens (tertiary/aromatic N) is 1. The van der Waals surface area contributed by atoms with Crippen LogP contribution in [0, 0.1) is 28.6 Å². The third-order valence-corrected chi connectivity index (χ3v) is 13.4. The number of alkyl halides is 2. The molecule has 0 saturated heterocycles. The molecule has 3 saturated carbocycles. The van der Waals surface area contributed by atoms with E-state index in [0.717, 1.165) is 32.9 Å². The minimum absolute atomic E-state index is 0.00702. The van der Waals surface area contributed by atoms with E-state index in [2.05, 4.69) is 5.32 Å². The van der Waals surface area contributed by atoms with Crippen molar-refractivity contribution in [3.05, 3.63) is 90.0 Å². The number of ether oxygens (including phenoxy) is 1. The number of allylic oxidation sites excluding steroid dienone is 4. The summed E-state index contributed by atoms with van der Waals surface area (Å²) in [4.78, 5) is 64.1. The fourth-order valence-corrected chi connectivity index (χ4v) is 10.7. The summed E-state index contributed by atoms with van der Waals surface area (Å²) in [7, 11) is 0. The number of hydrogen-bond acceptors (Lipinski definition) is 10. The molecule has 0 bridgehead atoms. The molecular weight excluding hydrogens is 735 g/mol. The normalized spacial score (nSPS) is 34.2. The number of benzene rings is 2. The summed E-state index contributed by atoms with van der Waals surface area (Å²) < 4.78 is 39.6. The van der Waals surface area contributed by atoms with Gasteiger partial charge in [0.15, 0.2) is 23.5 Å². The van der Waals surface area contributed by atoms with Crippen LogP contribution < -0.4 is 5.32 Å². The van der Waals surface area contributed by atoms with Crippen LogP contribution in [0.2, 0.25) is 0 Å². The molecule has 4 aliphatic carbocycles. The maximum absolute atomic E-state index is 17.6. The first-order valence-corrected chi connectivity index (χ1v) is 19.1. The van der Waals surface area contributed by atoms with Gasteiger partial charge in [0.1, 0.15) is 12.8 Å². The van der Waals surface area contributed by atoms with E-state index in [-0.39, 0.29) is 43.7 Å². The SMILES string of the molecule is C[C@]12C[C@H](O)[C@@]3(F)[C@@H](C[C@H](F)C4=CC(=O)C=C[C@@]43C)[C@@H]1C[C@@H](O[C@H](O)c1ccc(Sc3cccc(NC(=O)CCN4C(=O)C=CC4=O)c3)cc1)[C@@H]2C(=O)CO. The maximum Gasteiger partial charge on any atom is 0.253 e. The third kappa shape index (κ3) is 6.71. The van der Waals surface area contributed by atoms with Crippen LogP contribution >= 0.6 is 11.8 Å². The Morgan fingerprint density at radius 3 is 2.42 bits per heavy atom. The molecule has 0 radical (unpaired) electrons. The zero-order valence-electron chi connectivity index (χ0n) is 30.2. The molecule has 0 aromatic heterocycles. The molecule has 3 amide bonds. The smallest absolute Gasteiger partial charge is 0.253 e. The zero-order valence-corrected chi connectivity index (χ0v) is 31.0. The lowest BCUT2D eigenvalue weighted by molar-refractivity contribution is -0.203. The molecule has 2 aromatic rings. The molecule has 4 N–H and O–H groups in total. The molecular formula is C41H42F2N2O9S. The third-order valence-electron chi connectivity index (χ3n) is 12.4. The first-order chi connectivity index (χ1) is 26.1. The number of hydrogen-bond donors (Lipinski definition) is 4. The van der Waals surface area contributed by atoms with Crippen LogP contribution in [0.15, 0.2) is 94.3 Å². The second-order valence-corrected chi connectivity index (χ2v) is 16.6. The van der Waals surface area contributed by atoms with Gasteiger partial charge in [-0.3, -0.25) is 28.9 Å². The highest BCUT2D eigenvalue weighted by Crippen LogP contribution is 2.69. The number of aliphatic hydroxyl groups excluding tert-OH is 3. The van der Waals surface area contributed by atoms with Gasteiger partial charge in [0.05, 0.1) is 18.1 Å². The molecule has 1 aliphatic heterocycles. The minimum Gasteiger partial charge on any atom is -0.390 e. The number of carbonyl (C=O) groups is 5. The highest BCUT2D eigenvalue weighted by Gasteiger charge is 2.73. The zero-order chi connectivity index (χ0) is 39.4. The van der Waals surface area contributed by atoms with Crippen LogP contribution in [0.1, 0.15) is 51.4 Å². The van der Waals surface area contributed by atoms with Crippen molar-refractivity contribution in [2.24, 2.45) is 28.6 Å². The van der Waals surface area contributed by atoms with Gasteiger partial charge in [-0.2, -0.15) is 0 Å². The van der Waals surface area contributed by atoms with Crippen LogP contribution in [0.25, 0.3) is 0 Å². The second kappa shape index (κ2) is 14.6. The van der Waals surface area contributed by atoms with E-state index < -0.39 is 88.9 Å². The topological polar surface area (TPSA) is 171 Å². The first-order valence-electron chi connectivity index (χ1n) is 18.2. The van der Waals surface area contributed by atoms with Gasteiger partial charge >= 0.3 is 0 Å². The van der Waals surface area contributed by atoms with E-state index in [4.69, 9.17) is 4.74 Å². The second-order valence-electron chi connectivity index (χ2n) is 15.5. The number of ketones is 2. The molecule has 10 atom stereocenters. The molecule has 0 spiro atoms. The van der Waals surface area contributed by atoms with Gasteiger partial charge in [-0.25, -0.2) is 8.78 Å². The van der Waals surface area contributed by atoms with E-state index in [1.165, 1.54) is 30.8 Å². The van der Waals surface area contributed by atoms with Gasteiger partial charge in [0, 0.05) is 57.5 Å². The fourth-order valence-electron chi connectivity index (χ4n) is 9.81. The van der Waals surface area contributed by atoms with Crippen LogP contribution in [0.4, 0.5) is 14.5 Å². The summed E-state index contributed by atoms with van der Waals surface area (Å²) in [6.07, 6.45) is -0.239. The van der Waals surface area contributed by atoms with Crippen LogP contribution in [-0.2, 0) is 28.7 Å². The lowest BCUT2D eigenvalue weighted by Crippen LogP contribution is -2.68. The Kier molecular flexibility index (Phi) is 10.3. The van der Waals surface area contributed by atoms with E-state index in [0.29, 0.717) is 11.3 Å². The molecule has 7 rings (SSSR count). The average Bonchev–Trinajstić information content (AvgIpc) is 3.62. The molecule has 5 aliphatic rings. The molecule has 14 heteroatoms. The fraction of sp³-hybridized carbons (Fsp3) is 0.439. The average molecular weight is 777 g/mol. The lowest BCUT2D eigenvalue weighted by atomic mass is 9.45. The standard InChI is InChI=1S/C41H42F2N2O9S/c1-39-20-33(49)41(43)28(18-30(42)29-17-24(47)12-14-40(29,41)2)27(39)19-32(37(39)31(48)21-46)54-38(53)22-6-8-25(9-7-22)55-26-5-3-4-23(16-26)44-34(50)13-15-45-35(51)10-11-36(45)52/h3-12,14,16-17,27-28,30,32-33,37-38,46,49,53H,13,15,18-21H2,1-2H3,(H,44,50)/t27-,28-,30-,32+,33-,37-,38-,39-,40-,41-/m0/s1. The van der Waals surface area contributed by atoms with Crippen molar-refractivity contribution < 1.29 is 52.8 Å². The largest absolute Gasteiger partial charge is 0.390 e. The molecule has 0 unspecified atom stereocenters. The summed E-state index contributed by atoms with van der Waals surface area (Å²) in [6, 6.07) is 13.9. The van der Waals surface area contributed by atoms with Crippen molar-refractivity contribution in [1.82, 2.24) is 4.90 Å². The van der Waals surface area contributed by atoms with Crippen molar-refractivity contribution >= 4 is 46.7 Å². The molecule has 3 fully saturated rings. The van der Waals surface area contributed by atoms with Gasteiger partial charge < -0.3 is 25.4 Å². The van der Waals surface area contributed by atoms with Gasteiger partial charge in [0.25, 0.3) is 11.8 Å². The summed E-state index contributed by atoms with van der Waals surface area (Å²) in [6.45, 7) is 2.37. The molecule has 55 heavy (non-hydrogen) atoms. The Labute approximate surface area is 320 Å². The van der Waals surface area contributed by atoms with Crippen LogP contribution in [-0.4, -0.2) is 86.7 Å². The predicted molar refractivity (Wildman–Crippen MR) is 196 cm³/mol. The van der Waals surface area contributed by atoms with Gasteiger partial charge in [-0.1, -0.05) is 43.0 Å². The monoisotopic (exact) mass is 776 g/mol. The summed E-state index contributed by atoms with van der Waals surface area (Å²) in [5, 5.41) is 35.6. The first kappa shape index (κ1) is 38.9. The number of anilines is 1. The Hall–Kier alpha value is -4.34. The summed E-state index contributed by atoms with van der Waals surface area (Å²) >= 11 is 1.39. The summed E-state index contributed by atoms with van der Waals surface area (Å²) in [5.41, 5.74) is -4.15. The van der Waals surface area contributed by atoms with Crippen molar-refractivity contribution in [2.45, 2.75) is 79.7 Å². The van der Waals surface area contributed by atoms with Crippen molar-refractivity contribution in [2.75, 3.05) is 18.5 Å². The van der Waals surface area contributed by atoms with E-state index in [1.54, 1.807) is 49.4 Å². The van der Waals surface area contributed by atoms with Crippen LogP contribution in [0.5, 0.6) is 0 Å². The van der Waals surface area contributed by atoms with Crippen molar-refractivity contribution in [3.63, 3.8) is 0 Å². The number of nitrogens with one attached hydrogen (secondary N) is 1. The predicted octanol–water partition coefficient (Wildman–Crippen LogP) is 4.57. The van der Waals surface area contributed by atoms with E-state index >= 15 is 8.78 Å². The van der Waals surface area contributed by atoms with Gasteiger partial charge in [-0.05, 0) is 85.6 Å². The van der Waals surface area contributed by atoms with E-state index in [9.17, 15) is 39.3 Å². The minimum atomic E-state index is -2.35. The Morgan fingerprint density at radius 2 is 1.73 bits per heavy atom. The quantitative estimate of drug-likeness (QED) is 0.187. The lowest BCUT2D eigenvalue weighted by Gasteiger charge is -2.62. The highest BCUT2D eigenvalue weighted by molar-refractivity contribution is 7.99. The Morgan fingerprint density at radius 1 is 1.02 bits per heavy atom. The molecule has 290 valence electrons. The maximum atomic E-state index is 17.6. The number of amides is 3. The van der Waals surface area contributed by atoms with Crippen molar-refractivity contribution in [1.29, 1.82) is 0 Å². The molecule has 1 heterocycles. The molecule has 11 nitrogen and oxygen atoms in total. The van der Waals surface area contributed by atoms with Crippen LogP contribution in [0.3, 0.4) is 0 Å². The Bertz CT molecular complexity index is 2000. The molecule has 2 aromatic carbocycles. The summed E-state index contributed by atoms with van der Waals surface area (Å²) in [5.74, 6) is -5.03. The number of carbonyl (C=O) groups excluding carboxylic acids is 5. The number of imide groups is 1. The number of fused-ring (bicyclic) bond motifs is 5. The van der Waals surface area contributed by atoms with E-state index in [1.807, 2.05) is 6.07 Å². The van der Waals surface area contributed by atoms with Gasteiger partial charge in [0.2, 0.25) is 5.91 Å². The number of rotatable bonds is 11. The number of aliphatic hydroxyl groups is 3. The number of halogens is 2. The van der Waals surface area contributed by atoms with Crippen molar-refractivity contribution in [3.8, 4) is 0 Å². The number of Topliss-reactive ketones (excluding diaryl/α,β-unsaturated/α-hetero) is 1. The van der Waals surface area contributed by atoms with Gasteiger partial charge in [-0.15, -0.1) is 0 Å². The highest BCUT2D eigenvalue weighted by atomic mass is 32.2. The Balaban J connectivity index is 1.03.